The average molecular weight is 322 g/mol. The quantitative estimate of drug-likeness (QED) is 0.808. The van der Waals surface area contributed by atoms with Crippen LogP contribution in [0.3, 0.4) is 0 Å². The van der Waals surface area contributed by atoms with E-state index in [1.54, 1.807) is 13.8 Å². The Morgan fingerprint density at radius 2 is 2.05 bits per heavy atom. The van der Waals surface area contributed by atoms with Gasteiger partial charge in [-0.1, -0.05) is 19.3 Å². The van der Waals surface area contributed by atoms with Crippen LogP contribution in [0, 0.1) is 22.2 Å². The molecule has 2 aliphatic rings. The molecular formula is C16H22N2O3S. The van der Waals surface area contributed by atoms with Gasteiger partial charge in [0, 0.05) is 5.41 Å². The fraction of sp³-hybridized carbons (Fsp3) is 0.688. The maximum atomic E-state index is 12.6. The van der Waals surface area contributed by atoms with Gasteiger partial charge in [0.15, 0.2) is 0 Å². The van der Waals surface area contributed by atoms with Gasteiger partial charge in [-0.3, -0.25) is 4.79 Å². The van der Waals surface area contributed by atoms with Gasteiger partial charge in [-0.15, -0.1) is 11.8 Å². The number of nitrogens with zero attached hydrogens (tertiary/aromatic N) is 1. The lowest BCUT2D eigenvalue weighted by Crippen LogP contribution is -2.57. The van der Waals surface area contributed by atoms with Crippen molar-refractivity contribution in [2.45, 2.75) is 46.0 Å². The summed E-state index contributed by atoms with van der Waals surface area (Å²) in [4.78, 5) is 25.2. The van der Waals surface area contributed by atoms with Crippen LogP contribution in [-0.4, -0.2) is 24.7 Å². The van der Waals surface area contributed by atoms with Crippen LogP contribution in [-0.2, 0) is 14.3 Å². The van der Waals surface area contributed by atoms with E-state index < -0.39 is 16.8 Å². The molecule has 0 aromatic carbocycles. The average Bonchev–Trinajstić information content (AvgIpc) is 2.53. The number of hydrogen-bond acceptors (Lipinski definition) is 5. The second kappa shape index (κ2) is 6.33. The number of nitriles is 1. The Hall–Kier alpha value is -1.48. The Morgan fingerprint density at radius 1 is 1.41 bits per heavy atom. The summed E-state index contributed by atoms with van der Waals surface area (Å²) < 4.78 is 5.24. The van der Waals surface area contributed by atoms with E-state index in [0.29, 0.717) is 23.4 Å². The Bertz CT molecular complexity index is 558. The molecule has 2 rings (SSSR count). The molecule has 0 bridgehead atoms. The van der Waals surface area contributed by atoms with Gasteiger partial charge in [-0.25, -0.2) is 4.79 Å². The molecule has 5 nitrogen and oxygen atoms in total. The third-order valence-electron chi connectivity index (χ3n) is 4.96. The summed E-state index contributed by atoms with van der Waals surface area (Å²) in [5, 5.41) is 13.0. The molecule has 1 fully saturated rings. The molecule has 1 spiro atoms. The first-order chi connectivity index (χ1) is 10.5. The summed E-state index contributed by atoms with van der Waals surface area (Å²) in [6, 6.07) is 2.20. The highest BCUT2D eigenvalue weighted by atomic mass is 32.2. The van der Waals surface area contributed by atoms with Gasteiger partial charge < -0.3 is 10.1 Å². The zero-order valence-electron chi connectivity index (χ0n) is 13.3. The molecule has 1 heterocycles. The SMILES string of the molecule is CCOC(=O)C1=C(SC)NC(=O)C(C)(C#N)C12CCCCC2. The van der Waals surface area contributed by atoms with Gasteiger partial charge in [0.2, 0.25) is 5.91 Å². The highest BCUT2D eigenvalue weighted by Gasteiger charge is 2.61. The molecule has 0 saturated heterocycles. The third-order valence-corrected chi connectivity index (χ3v) is 5.67. The van der Waals surface area contributed by atoms with Gasteiger partial charge in [0.1, 0.15) is 5.41 Å². The number of ether oxygens (including phenoxy) is 1. The number of carbonyl (C=O) groups excluding carboxylic acids is 2. The van der Waals surface area contributed by atoms with Crippen molar-refractivity contribution in [3.8, 4) is 6.07 Å². The highest BCUT2D eigenvalue weighted by Crippen LogP contribution is 2.58. The lowest BCUT2D eigenvalue weighted by atomic mass is 9.53. The van der Waals surface area contributed by atoms with Gasteiger partial charge in [0.05, 0.1) is 23.3 Å². The molecule has 1 aliphatic heterocycles. The van der Waals surface area contributed by atoms with Crippen molar-refractivity contribution in [3.05, 3.63) is 10.6 Å². The molecule has 1 unspecified atom stereocenters. The summed E-state index contributed by atoms with van der Waals surface area (Å²) in [5.41, 5.74) is -1.49. The normalized spacial score (nSPS) is 27.3. The minimum atomic E-state index is -1.24. The van der Waals surface area contributed by atoms with Crippen LogP contribution in [0.15, 0.2) is 10.6 Å². The summed E-state index contributed by atoms with van der Waals surface area (Å²) >= 11 is 1.33. The zero-order chi connectivity index (χ0) is 16.4. The molecule has 6 heteroatoms. The lowest BCUT2D eigenvalue weighted by Gasteiger charge is -2.49. The Labute approximate surface area is 135 Å². The Kier molecular flexibility index (Phi) is 4.86. The van der Waals surface area contributed by atoms with E-state index in [4.69, 9.17) is 4.74 Å². The molecule has 1 atom stereocenters. The largest absolute Gasteiger partial charge is 0.463 e. The van der Waals surface area contributed by atoms with Crippen molar-refractivity contribution in [3.63, 3.8) is 0 Å². The molecule has 0 aromatic heterocycles. The van der Waals surface area contributed by atoms with Gasteiger partial charge in [-0.2, -0.15) is 5.26 Å². The first-order valence-corrected chi connectivity index (χ1v) is 8.88. The minimum absolute atomic E-state index is 0.275. The van der Waals surface area contributed by atoms with Crippen LogP contribution in [0.5, 0.6) is 0 Å². The predicted octanol–water partition coefficient (Wildman–Crippen LogP) is 2.73. The molecule has 120 valence electrons. The van der Waals surface area contributed by atoms with Crippen LogP contribution in [0.2, 0.25) is 0 Å². The first kappa shape index (κ1) is 16.9. The molecule has 22 heavy (non-hydrogen) atoms. The molecule has 1 aliphatic carbocycles. The fourth-order valence-corrected chi connectivity index (χ4v) is 4.36. The van der Waals surface area contributed by atoms with Crippen molar-refractivity contribution in [2.24, 2.45) is 10.8 Å². The number of hydrogen-bond donors (Lipinski definition) is 1. The van der Waals surface area contributed by atoms with Gasteiger partial charge in [0.25, 0.3) is 0 Å². The Balaban J connectivity index is 2.67. The van der Waals surface area contributed by atoms with Crippen LogP contribution < -0.4 is 5.32 Å². The van der Waals surface area contributed by atoms with Gasteiger partial charge in [-0.05, 0) is 32.9 Å². The van der Waals surface area contributed by atoms with Crippen LogP contribution in [0.25, 0.3) is 0 Å². The number of nitrogens with one attached hydrogen (secondary N) is 1. The summed E-state index contributed by atoms with van der Waals surface area (Å²) in [6.45, 7) is 3.69. The highest BCUT2D eigenvalue weighted by molar-refractivity contribution is 8.02. The smallest absolute Gasteiger partial charge is 0.337 e. The topological polar surface area (TPSA) is 79.2 Å². The maximum absolute atomic E-state index is 12.6. The van der Waals surface area contributed by atoms with E-state index in [2.05, 4.69) is 11.4 Å². The zero-order valence-corrected chi connectivity index (χ0v) is 14.1. The van der Waals surface area contributed by atoms with E-state index in [-0.39, 0.29) is 12.5 Å². The number of rotatable bonds is 3. The second-order valence-electron chi connectivity index (χ2n) is 5.96. The molecule has 1 saturated carbocycles. The minimum Gasteiger partial charge on any atom is -0.463 e. The van der Waals surface area contributed by atoms with E-state index >= 15 is 0 Å². The fourth-order valence-electron chi connectivity index (χ4n) is 3.68. The van der Waals surface area contributed by atoms with E-state index in [1.165, 1.54) is 11.8 Å². The number of carbonyl (C=O) groups is 2. The van der Waals surface area contributed by atoms with Crippen molar-refractivity contribution < 1.29 is 14.3 Å². The van der Waals surface area contributed by atoms with Crippen LogP contribution >= 0.6 is 11.8 Å². The third kappa shape index (κ3) is 2.32. The molecule has 0 aromatic rings. The molecule has 1 N–H and O–H groups in total. The number of esters is 1. The summed E-state index contributed by atoms with van der Waals surface area (Å²) in [7, 11) is 0. The van der Waals surface area contributed by atoms with E-state index in [9.17, 15) is 14.9 Å². The van der Waals surface area contributed by atoms with Crippen molar-refractivity contribution in [2.75, 3.05) is 12.9 Å². The number of amides is 1. The second-order valence-corrected chi connectivity index (χ2v) is 6.78. The summed E-state index contributed by atoms with van der Waals surface area (Å²) in [6.07, 6.45) is 6.05. The monoisotopic (exact) mass is 322 g/mol. The van der Waals surface area contributed by atoms with Crippen LogP contribution in [0.1, 0.15) is 46.0 Å². The summed E-state index contributed by atoms with van der Waals surface area (Å²) in [5.74, 6) is -0.718. The van der Waals surface area contributed by atoms with Crippen molar-refractivity contribution in [1.29, 1.82) is 5.26 Å². The first-order valence-electron chi connectivity index (χ1n) is 7.65. The Morgan fingerprint density at radius 3 is 2.55 bits per heavy atom. The maximum Gasteiger partial charge on any atom is 0.337 e. The van der Waals surface area contributed by atoms with Crippen LogP contribution in [0.4, 0.5) is 0 Å². The van der Waals surface area contributed by atoms with E-state index in [1.807, 2.05) is 6.26 Å². The van der Waals surface area contributed by atoms with Crippen molar-refractivity contribution in [1.82, 2.24) is 5.32 Å². The molecule has 0 radical (unpaired) electrons. The van der Waals surface area contributed by atoms with Crippen molar-refractivity contribution >= 4 is 23.6 Å². The van der Waals surface area contributed by atoms with Gasteiger partial charge >= 0.3 is 5.97 Å². The molecule has 1 amide bonds. The number of thioether (sulfide) groups is 1. The standard InChI is InChI=1S/C16H22N2O3S/c1-4-21-13(19)11-12(22-3)18-14(20)15(2,10-17)16(11)8-6-5-7-9-16/h4-9H2,1-3H3,(H,18,20). The van der Waals surface area contributed by atoms with E-state index in [0.717, 1.165) is 19.3 Å². The predicted molar refractivity (Wildman–Crippen MR) is 84.6 cm³/mol. The molecular weight excluding hydrogens is 300 g/mol. The lowest BCUT2D eigenvalue weighted by molar-refractivity contribution is -0.144.